The molecule has 2 aromatic rings. The molecule has 120 valence electrons. The number of benzene rings is 1. The van der Waals surface area contributed by atoms with Crippen LogP contribution in [0.4, 0.5) is 5.95 Å². The van der Waals surface area contributed by atoms with Gasteiger partial charge in [-0.3, -0.25) is 4.79 Å². The standard InChI is InChI=1S/C11H8BrClN6O4/c12-8-2-7(13)1-6(10(8)21)3-15-16-9(20)4-18-5-14-11(17-18)19(22)23/h1-3,5,21H,4H2,(H,16,20). The Labute approximate surface area is 142 Å². The van der Waals surface area contributed by atoms with Crippen LogP contribution in [0.25, 0.3) is 0 Å². The number of aromatic hydroxyl groups is 1. The number of carbonyl (C=O) groups is 1. The Morgan fingerprint density at radius 3 is 3.00 bits per heavy atom. The Morgan fingerprint density at radius 2 is 2.35 bits per heavy atom. The van der Waals surface area contributed by atoms with Crippen LogP contribution >= 0.6 is 27.5 Å². The number of hydrogen-bond acceptors (Lipinski definition) is 7. The van der Waals surface area contributed by atoms with Crippen molar-refractivity contribution >= 4 is 45.6 Å². The van der Waals surface area contributed by atoms with Gasteiger partial charge in [0, 0.05) is 15.7 Å². The summed E-state index contributed by atoms with van der Waals surface area (Å²) in [5, 5.41) is 27.7. The number of aromatic nitrogens is 3. The van der Waals surface area contributed by atoms with E-state index in [1.165, 1.54) is 18.3 Å². The van der Waals surface area contributed by atoms with E-state index in [2.05, 4.69) is 36.5 Å². The second kappa shape index (κ2) is 7.15. The van der Waals surface area contributed by atoms with Crippen LogP contribution in [-0.4, -0.2) is 36.9 Å². The smallest absolute Gasteiger partial charge is 0.490 e. The van der Waals surface area contributed by atoms with Crippen molar-refractivity contribution in [2.24, 2.45) is 5.10 Å². The van der Waals surface area contributed by atoms with Gasteiger partial charge < -0.3 is 15.2 Å². The van der Waals surface area contributed by atoms with Gasteiger partial charge in [-0.2, -0.15) is 9.78 Å². The second-order valence-electron chi connectivity index (χ2n) is 4.12. The highest BCUT2D eigenvalue weighted by Crippen LogP contribution is 2.30. The highest BCUT2D eigenvalue weighted by molar-refractivity contribution is 9.10. The molecule has 0 aliphatic carbocycles. The molecule has 0 aliphatic rings. The number of hydrogen-bond donors (Lipinski definition) is 2. The Morgan fingerprint density at radius 1 is 1.61 bits per heavy atom. The predicted octanol–water partition coefficient (Wildman–Crippen LogP) is 1.46. The fraction of sp³-hybridized carbons (Fsp3) is 0.0909. The number of amides is 1. The Balaban J connectivity index is 1.97. The molecule has 10 nitrogen and oxygen atoms in total. The zero-order valence-electron chi connectivity index (χ0n) is 11.2. The van der Waals surface area contributed by atoms with E-state index in [0.29, 0.717) is 15.1 Å². The summed E-state index contributed by atoms with van der Waals surface area (Å²) < 4.78 is 1.38. The van der Waals surface area contributed by atoms with E-state index in [-0.39, 0.29) is 12.3 Å². The molecule has 0 spiro atoms. The highest BCUT2D eigenvalue weighted by atomic mass is 79.9. The van der Waals surface area contributed by atoms with Gasteiger partial charge in [0.1, 0.15) is 12.3 Å². The zero-order chi connectivity index (χ0) is 17.0. The van der Waals surface area contributed by atoms with Gasteiger partial charge in [-0.05, 0) is 33.0 Å². The largest absolute Gasteiger partial charge is 0.506 e. The summed E-state index contributed by atoms with van der Waals surface area (Å²) in [5.41, 5.74) is 2.48. The van der Waals surface area contributed by atoms with Crippen molar-refractivity contribution in [3.05, 3.63) is 43.6 Å². The lowest BCUT2D eigenvalue weighted by Gasteiger charge is -2.02. The van der Waals surface area contributed by atoms with Crippen molar-refractivity contribution in [3.8, 4) is 5.75 Å². The number of nitro groups is 1. The fourth-order valence-electron chi connectivity index (χ4n) is 1.49. The van der Waals surface area contributed by atoms with Crippen LogP contribution in [0, 0.1) is 10.1 Å². The van der Waals surface area contributed by atoms with Crippen LogP contribution in [0.15, 0.2) is 28.0 Å². The summed E-state index contributed by atoms with van der Waals surface area (Å²) in [6.45, 7) is -0.302. The Kier molecular flexibility index (Phi) is 5.24. The normalized spacial score (nSPS) is 10.9. The minimum atomic E-state index is -0.771. The van der Waals surface area contributed by atoms with E-state index in [9.17, 15) is 20.0 Å². The number of carbonyl (C=O) groups excluding carboxylic acids is 1. The molecule has 0 fully saturated rings. The maximum Gasteiger partial charge on any atom is 0.490 e. The van der Waals surface area contributed by atoms with E-state index in [4.69, 9.17) is 11.6 Å². The first-order chi connectivity index (χ1) is 10.9. The molecule has 0 radical (unpaired) electrons. The first kappa shape index (κ1) is 16.8. The molecule has 0 saturated heterocycles. The summed E-state index contributed by atoms with van der Waals surface area (Å²) in [5.74, 6) is -1.27. The summed E-state index contributed by atoms with van der Waals surface area (Å²) in [6.07, 6.45) is 2.26. The molecule has 1 aromatic carbocycles. The summed E-state index contributed by atoms with van der Waals surface area (Å²) >= 11 is 8.95. The molecule has 0 saturated carbocycles. The number of nitrogens with one attached hydrogen (secondary N) is 1. The maximum atomic E-state index is 11.6. The average molecular weight is 404 g/mol. The third-order valence-electron chi connectivity index (χ3n) is 2.44. The number of nitrogens with zero attached hydrogens (tertiary/aromatic N) is 5. The van der Waals surface area contributed by atoms with Gasteiger partial charge in [0.15, 0.2) is 0 Å². The molecule has 2 rings (SSSR count). The first-order valence-electron chi connectivity index (χ1n) is 5.90. The van der Waals surface area contributed by atoms with Crippen molar-refractivity contribution in [2.45, 2.75) is 6.54 Å². The maximum absolute atomic E-state index is 11.6. The summed E-state index contributed by atoms with van der Waals surface area (Å²) in [6, 6.07) is 2.96. The second-order valence-corrected chi connectivity index (χ2v) is 5.41. The molecule has 12 heteroatoms. The minimum absolute atomic E-state index is 0.0840. The minimum Gasteiger partial charge on any atom is -0.506 e. The lowest BCUT2D eigenvalue weighted by molar-refractivity contribution is -0.394. The van der Waals surface area contributed by atoms with Gasteiger partial charge in [0.05, 0.1) is 10.7 Å². The summed E-state index contributed by atoms with van der Waals surface area (Å²) in [7, 11) is 0. The molecule has 1 amide bonds. The molecule has 0 aliphatic heterocycles. The van der Waals surface area contributed by atoms with Crippen molar-refractivity contribution in [3.63, 3.8) is 0 Å². The number of halogens is 2. The zero-order valence-corrected chi connectivity index (χ0v) is 13.5. The molecular formula is C11H8BrClN6O4. The van der Waals surface area contributed by atoms with E-state index in [0.717, 1.165) is 11.0 Å². The van der Waals surface area contributed by atoms with E-state index < -0.39 is 16.8 Å². The Hall–Kier alpha value is -2.53. The van der Waals surface area contributed by atoms with Crippen molar-refractivity contribution in [1.29, 1.82) is 0 Å². The van der Waals surface area contributed by atoms with Crippen LogP contribution in [0.3, 0.4) is 0 Å². The van der Waals surface area contributed by atoms with Crippen molar-refractivity contribution in [2.75, 3.05) is 0 Å². The van der Waals surface area contributed by atoms with Crippen LogP contribution in [0.1, 0.15) is 5.56 Å². The number of rotatable bonds is 5. The van der Waals surface area contributed by atoms with Crippen molar-refractivity contribution < 1.29 is 14.8 Å². The molecule has 0 atom stereocenters. The van der Waals surface area contributed by atoms with Crippen LogP contribution in [0.5, 0.6) is 5.75 Å². The molecule has 1 heterocycles. The average Bonchev–Trinajstić information content (AvgIpc) is 2.92. The quantitative estimate of drug-likeness (QED) is 0.441. The molecule has 1 aromatic heterocycles. The van der Waals surface area contributed by atoms with Crippen LogP contribution < -0.4 is 5.43 Å². The first-order valence-corrected chi connectivity index (χ1v) is 7.07. The van der Waals surface area contributed by atoms with E-state index in [1.54, 1.807) is 0 Å². The Bertz CT molecular complexity index is 793. The van der Waals surface area contributed by atoms with E-state index >= 15 is 0 Å². The lowest BCUT2D eigenvalue weighted by atomic mass is 10.2. The highest BCUT2D eigenvalue weighted by Gasteiger charge is 2.14. The fourth-order valence-corrected chi connectivity index (χ4v) is 2.32. The van der Waals surface area contributed by atoms with Crippen LogP contribution in [0.2, 0.25) is 5.02 Å². The van der Waals surface area contributed by atoms with Gasteiger partial charge in [0.2, 0.25) is 6.33 Å². The van der Waals surface area contributed by atoms with Gasteiger partial charge in [-0.15, -0.1) is 0 Å². The van der Waals surface area contributed by atoms with Gasteiger partial charge in [0.25, 0.3) is 5.91 Å². The number of hydrazone groups is 1. The summed E-state index contributed by atoms with van der Waals surface area (Å²) in [4.78, 5) is 24.7. The SMILES string of the molecule is O=C(Cn1cnc([N+](=O)[O-])n1)NN=Cc1cc(Cl)cc(Br)c1O. The van der Waals surface area contributed by atoms with Crippen LogP contribution in [-0.2, 0) is 11.3 Å². The van der Waals surface area contributed by atoms with E-state index in [1.807, 2.05) is 0 Å². The topological polar surface area (TPSA) is 136 Å². The molecular weight excluding hydrogens is 396 g/mol. The van der Waals surface area contributed by atoms with Gasteiger partial charge in [-0.25, -0.2) is 5.43 Å². The number of phenolic OH excluding ortho intramolecular Hbond substituents is 1. The third-order valence-corrected chi connectivity index (χ3v) is 3.27. The molecule has 2 N–H and O–H groups in total. The molecule has 0 unspecified atom stereocenters. The van der Waals surface area contributed by atoms with Gasteiger partial charge in [-0.1, -0.05) is 16.6 Å². The van der Waals surface area contributed by atoms with Gasteiger partial charge >= 0.3 is 5.95 Å². The third kappa shape index (κ3) is 4.47. The lowest BCUT2D eigenvalue weighted by Crippen LogP contribution is -2.23. The molecule has 23 heavy (non-hydrogen) atoms. The predicted molar refractivity (Wildman–Crippen MR) is 83.2 cm³/mol. The molecule has 0 bridgehead atoms. The monoisotopic (exact) mass is 402 g/mol. The number of phenols is 1. The van der Waals surface area contributed by atoms with Crippen molar-refractivity contribution in [1.82, 2.24) is 20.2 Å².